The number of hydrogen-bond donors (Lipinski definition) is 2. The monoisotopic (exact) mass is 407 g/mol. The molecule has 0 radical (unpaired) electrons. The molecule has 0 bridgehead atoms. The van der Waals surface area contributed by atoms with Crippen molar-refractivity contribution < 1.29 is 23.5 Å². The summed E-state index contributed by atoms with van der Waals surface area (Å²) in [4.78, 5) is 22.8. The predicted molar refractivity (Wildman–Crippen MR) is 103 cm³/mol. The number of benzene rings is 2. The van der Waals surface area contributed by atoms with Crippen molar-refractivity contribution in [1.82, 2.24) is 10.7 Å². The van der Waals surface area contributed by atoms with E-state index >= 15 is 0 Å². The number of halogens is 2. The van der Waals surface area contributed by atoms with Crippen LogP contribution in [-0.4, -0.2) is 31.7 Å². The average Bonchev–Trinajstić information content (AvgIpc) is 2.68. The zero-order valence-corrected chi connectivity index (χ0v) is 16.0. The first-order chi connectivity index (χ1) is 13.5. The Hall–Kier alpha value is -3.13. The summed E-state index contributed by atoms with van der Waals surface area (Å²) in [5.41, 5.74) is 2.97. The molecular weight excluding hydrogens is 389 g/mol. The van der Waals surface area contributed by atoms with Crippen LogP contribution in [0.5, 0.6) is 11.5 Å². The second kappa shape index (κ2) is 10.3. The van der Waals surface area contributed by atoms with Crippen molar-refractivity contribution in [2.45, 2.75) is 13.5 Å². The number of ether oxygens (including phenoxy) is 2. The van der Waals surface area contributed by atoms with Gasteiger partial charge in [0.2, 0.25) is 0 Å². The number of hydrazone groups is 1. The molecule has 0 fully saturated rings. The van der Waals surface area contributed by atoms with Gasteiger partial charge in [-0.05, 0) is 30.7 Å². The Balaban J connectivity index is 2.10. The first-order valence-electron chi connectivity index (χ1n) is 8.31. The van der Waals surface area contributed by atoms with Crippen LogP contribution < -0.4 is 20.2 Å². The summed E-state index contributed by atoms with van der Waals surface area (Å²) < 4.78 is 24.6. The van der Waals surface area contributed by atoms with E-state index in [4.69, 9.17) is 21.1 Å². The molecule has 9 heteroatoms. The minimum absolute atomic E-state index is 0.0290. The Morgan fingerprint density at radius 3 is 2.68 bits per heavy atom. The molecule has 0 spiro atoms. The summed E-state index contributed by atoms with van der Waals surface area (Å²) in [6.45, 7) is 1.99. The van der Waals surface area contributed by atoms with Crippen LogP contribution in [0.3, 0.4) is 0 Å². The van der Waals surface area contributed by atoms with E-state index in [9.17, 15) is 14.0 Å². The van der Waals surface area contributed by atoms with Crippen LogP contribution >= 0.6 is 11.6 Å². The number of amides is 2. The lowest BCUT2D eigenvalue weighted by atomic mass is 10.2. The Kier molecular flexibility index (Phi) is 7.76. The van der Waals surface area contributed by atoms with E-state index in [2.05, 4.69) is 15.8 Å². The highest BCUT2D eigenvalue weighted by atomic mass is 35.5. The summed E-state index contributed by atoms with van der Waals surface area (Å²) in [5.74, 6) is -1.51. The van der Waals surface area contributed by atoms with E-state index in [0.717, 1.165) is 0 Å². The molecule has 0 atom stereocenters. The van der Waals surface area contributed by atoms with Gasteiger partial charge in [-0.25, -0.2) is 9.82 Å². The van der Waals surface area contributed by atoms with Crippen molar-refractivity contribution in [1.29, 1.82) is 0 Å². The molecule has 0 aliphatic carbocycles. The first kappa shape index (κ1) is 21.2. The molecule has 2 aromatic carbocycles. The summed E-state index contributed by atoms with van der Waals surface area (Å²) in [6, 6.07) is 9.34. The maximum Gasteiger partial charge on any atom is 0.329 e. The van der Waals surface area contributed by atoms with Crippen LogP contribution in [0, 0.1) is 5.82 Å². The minimum atomic E-state index is -0.888. The van der Waals surface area contributed by atoms with Crippen molar-refractivity contribution in [2.75, 3.05) is 13.7 Å². The molecule has 0 aliphatic heterocycles. The van der Waals surface area contributed by atoms with Crippen LogP contribution in [0.4, 0.5) is 4.39 Å². The lowest BCUT2D eigenvalue weighted by Gasteiger charge is -2.13. The van der Waals surface area contributed by atoms with E-state index in [-0.39, 0.29) is 23.2 Å². The van der Waals surface area contributed by atoms with Crippen molar-refractivity contribution in [3.63, 3.8) is 0 Å². The molecule has 0 heterocycles. The molecular formula is C19H19ClFN3O4. The van der Waals surface area contributed by atoms with Gasteiger partial charge in [-0.2, -0.15) is 5.10 Å². The summed E-state index contributed by atoms with van der Waals surface area (Å²) >= 11 is 6.24. The van der Waals surface area contributed by atoms with Crippen LogP contribution in [0.15, 0.2) is 41.5 Å². The molecule has 2 amide bonds. The highest BCUT2D eigenvalue weighted by Crippen LogP contribution is 2.36. The molecule has 0 aromatic heterocycles. The molecule has 0 saturated heterocycles. The van der Waals surface area contributed by atoms with E-state index in [0.29, 0.717) is 23.4 Å². The second-order valence-electron chi connectivity index (χ2n) is 5.47. The number of carbonyl (C=O) groups is 2. The molecule has 2 aromatic rings. The van der Waals surface area contributed by atoms with Gasteiger partial charge < -0.3 is 14.8 Å². The van der Waals surface area contributed by atoms with Crippen LogP contribution in [-0.2, 0) is 16.2 Å². The third kappa shape index (κ3) is 5.68. The molecule has 28 heavy (non-hydrogen) atoms. The maximum atomic E-state index is 13.7. The fourth-order valence-corrected chi connectivity index (χ4v) is 2.45. The third-order valence-corrected chi connectivity index (χ3v) is 3.79. The highest BCUT2D eigenvalue weighted by molar-refractivity contribution is 6.35. The lowest BCUT2D eigenvalue weighted by Crippen LogP contribution is -2.37. The Bertz CT molecular complexity index is 889. The smallest absolute Gasteiger partial charge is 0.329 e. The standard InChI is InChI=1S/C19H19ClFN3O4/c1-3-22-18(25)19(26)24-23-10-12-8-14(20)17(16(9-12)27-2)28-11-13-6-4-5-7-15(13)21/h4-10H,3,11H2,1-2H3,(H,22,25)(H,24,26)/b23-10-. The van der Waals surface area contributed by atoms with Gasteiger partial charge in [-0.3, -0.25) is 9.59 Å². The SMILES string of the molecule is CCNC(=O)C(=O)N/N=C\c1cc(Cl)c(OCc2ccccc2F)c(OC)c1. The van der Waals surface area contributed by atoms with Crippen molar-refractivity contribution in [3.8, 4) is 11.5 Å². The van der Waals surface area contributed by atoms with Crippen molar-refractivity contribution in [3.05, 3.63) is 58.4 Å². The Morgan fingerprint density at radius 1 is 1.25 bits per heavy atom. The Morgan fingerprint density at radius 2 is 2.00 bits per heavy atom. The fourth-order valence-electron chi connectivity index (χ4n) is 2.18. The summed E-state index contributed by atoms with van der Waals surface area (Å²) in [5, 5.41) is 6.27. The number of nitrogens with zero attached hydrogens (tertiary/aromatic N) is 1. The number of rotatable bonds is 7. The fraction of sp³-hybridized carbons (Fsp3) is 0.211. The molecule has 0 saturated carbocycles. The van der Waals surface area contributed by atoms with Crippen LogP contribution in [0.2, 0.25) is 5.02 Å². The number of carbonyl (C=O) groups excluding carboxylic acids is 2. The lowest BCUT2D eigenvalue weighted by molar-refractivity contribution is -0.139. The van der Waals surface area contributed by atoms with Gasteiger partial charge in [0.1, 0.15) is 12.4 Å². The van der Waals surface area contributed by atoms with Gasteiger partial charge in [0.15, 0.2) is 11.5 Å². The molecule has 0 aliphatic rings. The average molecular weight is 408 g/mol. The zero-order chi connectivity index (χ0) is 20.5. The number of nitrogens with one attached hydrogen (secondary N) is 2. The zero-order valence-electron chi connectivity index (χ0n) is 15.3. The van der Waals surface area contributed by atoms with E-state index < -0.39 is 11.8 Å². The van der Waals surface area contributed by atoms with Gasteiger partial charge >= 0.3 is 11.8 Å². The minimum Gasteiger partial charge on any atom is -0.493 e. The molecule has 148 valence electrons. The third-order valence-electron chi connectivity index (χ3n) is 3.50. The predicted octanol–water partition coefficient (Wildman–Crippen LogP) is 2.65. The van der Waals surface area contributed by atoms with E-state index in [1.807, 2.05) is 0 Å². The van der Waals surface area contributed by atoms with Gasteiger partial charge in [-0.1, -0.05) is 29.8 Å². The number of methoxy groups -OCH3 is 1. The van der Waals surface area contributed by atoms with Gasteiger partial charge in [-0.15, -0.1) is 0 Å². The number of hydrogen-bond acceptors (Lipinski definition) is 5. The van der Waals surface area contributed by atoms with E-state index in [1.54, 1.807) is 31.2 Å². The topological polar surface area (TPSA) is 89.0 Å². The van der Waals surface area contributed by atoms with Gasteiger partial charge in [0.25, 0.3) is 0 Å². The summed E-state index contributed by atoms with van der Waals surface area (Å²) in [6.07, 6.45) is 1.30. The van der Waals surface area contributed by atoms with Crippen LogP contribution in [0.25, 0.3) is 0 Å². The van der Waals surface area contributed by atoms with Gasteiger partial charge in [0, 0.05) is 12.1 Å². The largest absolute Gasteiger partial charge is 0.493 e. The van der Waals surface area contributed by atoms with E-state index in [1.165, 1.54) is 25.5 Å². The maximum absolute atomic E-state index is 13.7. The quantitative estimate of drug-likeness (QED) is 0.419. The highest BCUT2D eigenvalue weighted by Gasteiger charge is 2.14. The Labute approximate surface area is 166 Å². The second-order valence-corrected chi connectivity index (χ2v) is 5.88. The van der Waals surface area contributed by atoms with Crippen LogP contribution in [0.1, 0.15) is 18.1 Å². The van der Waals surface area contributed by atoms with Crippen molar-refractivity contribution in [2.24, 2.45) is 5.10 Å². The summed E-state index contributed by atoms with van der Waals surface area (Å²) in [7, 11) is 1.43. The molecule has 2 N–H and O–H groups in total. The molecule has 2 rings (SSSR count). The van der Waals surface area contributed by atoms with Crippen molar-refractivity contribution >= 4 is 29.6 Å². The van der Waals surface area contributed by atoms with Gasteiger partial charge in [0.05, 0.1) is 18.3 Å². The number of likely N-dealkylation sites (N-methyl/N-ethyl adjacent to an activating group) is 1. The normalized spacial score (nSPS) is 10.6. The molecule has 0 unspecified atom stereocenters. The molecule has 7 nitrogen and oxygen atoms in total. The first-order valence-corrected chi connectivity index (χ1v) is 8.69.